The molecule has 0 radical (unpaired) electrons. The third-order valence-corrected chi connectivity index (χ3v) is 2.16. The Hall–Kier alpha value is -1.46. The maximum atomic E-state index is 11.4. The Morgan fingerprint density at radius 3 is 2.67 bits per heavy atom. The van der Waals surface area contributed by atoms with Crippen molar-refractivity contribution in [2.24, 2.45) is 5.73 Å². The maximum absolute atomic E-state index is 11.4. The largest absolute Gasteiger partial charge is 0.321 e. The highest BCUT2D eigenvalue weighted by Gasteiger charge is 2.17. The summed E-state index contributed by atoms with van der Waals surface area (Å²) in [5.74, 6) is -0.352. The predicted molar refractivity (Wildman–Crippen MR) is 56.1 cm³/mol. The topological polar surface area (TPSA) is 86.2 Å². The lowest BCUT2D eigenvalue weighted by Gasteiger charge is -2.04. The Balaban J connectivity index is 3.19. The molecule has 0 spiro atoms. The van der Waals surface area contributed by atoms with Crippen molar-refractivity contribution in [1.29, 1.82) is 0 Å². The number of carbonyl (C=O) groups is 1. The van der Waals surface area contributed by atoms with E-state index < -0.39 is 11.0 Å². The van der Waals surface area contributed by atoms with Gasteiger partial charge in [0.1, 0.15) is 5.02 Å². The number of carbonyl (C=O) groups excluding carboxylic acids is 1. The molecule has 80 valence electrons. The first-order valence-electron chi connectivity index (χ1n) is 4.17. The quantitative estimate of drug-likeness (QED) is 0.485. The highest BCUT2D eigenvalue weighted by atomic mass is 35.5. The molecule has 1 unspecified atom stereocenters. The normalized spacial score (nSPS) is 12.2. The summed E-state index contributed by atoms with van der Waals surface area (Å²) < 4.78 is 0. The molecule has 2 N–H and O–H groups in total. The van der Waals surface area contributed by atoms with Crippen molar-refractivity contribution in [1.82, 2.24) is 0 Å². The van der Waals surface area contributed by atoms with Crippen LogP contribution in [-0.2, 0) is 0 Å². The molecular formula is C9H9ClN2O3. The second-order valence-corrected chi connectivity index (χ2v) is 3.48. The van der Waals surface area contributed by atoms with Gasteiger partial charge >= 0.3 is 0 Å². The van der Waals surface area contributed by atoms with Gasteiger partial charge in [-0.05, 0) is 19.1 Å². The van der Waals surface area contributed by atoms with E-state index in [2.05, 4.69) is 0 Å². The molecule has 0 aliphatic rings. The van der Waals surface area contributed by atoms with Crippen LogP contribution < -0.4 is 5.73 Å². The van der Waals surface area contributed by atoms with Gasteiger partial charge in [0.15, 0.2) is 5.78 Å². The number of nitrogens with two attached hydrogens (primary N) is 1. The molecule has 6 heteroatoms. The van der Waals surface area contributed by atoms with Gasteiger partial charge in [0, 0.05) is 11.6 Å². The van der Waals surface area contributed by atoms with Crippen LogP contribution in [0.25, 0.3) is 0 Å². The third kappa shape index (κ3) is 2.51. The molecular weight excluding hydrogens is 220 g/mol. The zero-order valence-electron chi connectivity index (χ0n) is 7.94. The molecule has 15 heavy (non-hydrogen) atoms. The molecule has 1 atom stereocenters. The van der Waals surface area contributed by atoms with Gasteiger partial charge in [-0.25, -0.2) is 0 Å². The van der Waals surface area contributed by atoms with Crippen molar-refractivity contribution in [2.45, 2.75) is 13.0 Å². The van der Waals surface area contributed by atoms with Crippen molar-refractivity contribution in [3.63, 3.8) is 0 Å². The summed E-state index contributed by atoms with van der Waals surface area (Å²) in [6.45, 7) is 1.52. The van der Waals surface area contributed by atoms with Gasteiger partial charge in [0.05, 0.1) is 11.0 Å². The van der Waals surface area contributed by atoms with E-state index in [4.69, 9.17) is 17.3 Å². The van der Waals surface area contributed by atoms with Crippen LogP contribution in [0.3, 0.4) is 0 Å². The summed E-state index contributed by atoms with van der Waals surface area (Å²) in [6, 6.07) is 3.18. The molecule has 0 aromatic heterocycles. The van der Waals surface area contributed by atoms with E-state index in [1.54, 1.807) is 0 Å². The molecule has 1 aromatic carbocycles. The Morgan fingerprint density at radius 2 is 2.20 bits per heavy atom. The first-order valence-corrected chi connectivity index (χ1v) is 4.55. The van der Waals surface area contributed by atoms with Crippen LogP contribution in [0.15, 0.2) is 18.2 Å². The van der Waals surface area contributed by atoms with Gasteiger partial charge in [0.25, 0.3) is 5.69 Å². The fraction of sp³-hybridized carbons (Fsp3) is 0.222. The minimum atomic E-state index is -0.689. The zero-order valence-corrected chi connectivity index (χ0v) is 8.69. The summed E-state index contributed by atoms with van der Waals surface area (Å²) in [4.78, 5) is 21.3. The van der Waals surface area contributed by atoms with Crippen molar-refractivity contribution in [3.05, 3.63) is 38.9 Å². The number of hydrogen-bond donors (Lipinski definition) is 1. The lowest BCUT2D eigenvalue weighted by Crippen LogP contribution is -2.26. The van der Waals surface area contributed by atoms with Crippen LogP contribution in [0, 0.1) is 10.1 Å². The monoisotopic (exact) mass is 228 g/mol. The number of nitro groups is 1. The molecule has 0 fully saturated rings. The summed E-state index contributed by atoms with van der Waals surface area (Å²) >= 11 is 5.59. The molecule has 0 aliphatic heterocycles. The van der Waals surface area contributed by atoms with Crippen molar-refractivity contribution < 1.29 is 9.72 Å². The van der Waals surface area contributed by atoms with Crippen molar-refractivity contribution in [3.8, 4) is 0 Å². The van der Waals surface area contributed by atoms with Crippen LogP contribution >= 0.6 is 11.6 Å². The SMILES string of the molecule is CC(N)C(=O)c1ccc(Cl)c([N+](=O)[O-])c1. The number of hydrogen-bond acceptors (Lipinski definition) is 4. The molecule has 1 aromatic rings. The number of nitrogens with zero attached hydrogens (tertiary/aromatic N) is 1. The molecule has 5 nitrogen and oxygen atoms in total. The van der Waals surface area contributed by atoms with Crippen molar-refractivity contribution in [2.75, 3.05) is 0 Å². The average molecular weight is 229 g/mol. The lowest BCUT2D eigenvalue weighted by molar-refractivity contribution is -0.384. The number of halogens is 1. The van der Waals surface area contributed by atoms with E-state index in [-0.39, 0.29) is 22.1 Å². The minimum absolute atomic E-state index is 0.00113. The van der Waals surface area contributed by atoms with Crippen LogP contribution in [0.1, 0.15) is 17.3 Å². The summed E-state index contributed by atoms with van der Waals surface area (Å²) in [7, 11) is 0. The number of ketones is 1. The Morgan fingerprint density at radius 1 is 1.60 bits per heavy atom. The van der Waals surface area contributed by atoms with Gasteiger partial charge < -0.3 is 5.73 Å². The smallest absolute Gasteiger partial charge is 0.288 e. The second-order valence-electron chi connectivity index (χ2n) is 3.08. The molecule has 0 bridgehead atoms. The van der Waals surface area contributed by atoms with Crippen LogP contribution in [0.4, 0.5) is 5.69 Å². The van der Waals surface area contributed by atoms with Crippen LogP contribution in [0.5, 0.6) is 0 Å². The first-order chi connectivity index (χ1) is 6.93. The summed E-state index contributed by atoms with van der Waals surface area (Å²) in [5.41, 5.74) is 5.29. The predicted octanol–water partition coefficient (Wildman–Crippen LogP) is 1.78. The van der Waals surface area contributed by atoms with Gasteiger partial charge in [-0.1, -0.05) is 11.6 Å². The molecule has 0 aliphatic carbocycles. The lowest BCUT2D eigenvalue weighted by atomic mass is 10.1. The van der Waals surface area contributed by atoms with E-state index in [1.165, 1.54) is 19.1 Å². The molecule has 1 rings (SSSR count). The Bertz CT molecular complexity index is 418. The maximum Gasteiger partial charge on any atom is 0.288 e. The number of nitro benzene ring substituents is 1. The average Bonchev–Trinajstić information content (AvgIpc) is 2.16. The standard InChI is InChI=1S/C9H9ClN2O3/c1-5(11)9(13)6-2-3-7(10)8(4-6)12(14)15/h2-5H,11H2,1H3. The Kier molecular flexibility index (Phi) is 3.39. The second kappa shape index (κ2) is 4.37. The number of benzene rings is 1. The van der Waals surface area contributed by atoms with Crippen LogP contribution in [-0.4, -0.2) is 16.7 Å². The molecule has 0 saturated heterocycles. The highest BCUT2D eigenvalue weighted by molar-refractivity contribution is 6.32. The van der Waals surface area contributed by atoms with Gasteiger partial charge in [-0.15, -0.1) is 0 Å². The van der Waals surface area contributed by atoms with Crippen molar-refractivity contribution >= 4 is 23.1 Å². The van der Waals surface area contributed by atoms with Crippen LogP contribution in [0.2, 0.25) is 5.02 Å². The fourth-order valence-electron chi connectivity index (χ4n) is 1.07. The first kappa shape index (κ1) is 11.6. The molecule has 0 amide bonds. The fourth-order valence-corrected chi connectivity index (χ4v) is 1.26. The summed E-state index contributed by atoms with van der Waals surface area (Å²) in [5, 5.41) is 10.5. The van der Waals surface area contributed by atoms with E-state index in [9.17, 15) is 14.9 Å². The summed E-state index contributed by atoms with van der Waals surface area (Å²) in [6.07, 6.45) is 0. The van der Waals surface area contributed by atoms with Gasteiger partial charge in [-0.2, -0.15) is 0 Å². The molecule has 0 saturated carbocycles. The van der Waals surface area contributed by atoms with E-state index in [0.717, 1.165) is 6.07 Å². The minimum Gasteiger partial charge on any atom is -0.321 e. The third-order valence-electron chi connectivity index (χ3n) is 1.84. The molecule has 0 heterocycles. The van der Waals surface area contributed by atoms with E-state index >= 15 is 0 Å². The van der Waals surface area contributed by atoms with Gasteiger partial charge in [0.2, 0.25) is 0 Å². The van der Waals surface area contributed by atoms with E-state index in [0.29, 0.717) is 0 Å². The number of rotatable bonds is 3. The Labute approximate surface area is 91.0 Å². The zero-order chi connectivity index (χ0) is 11.6. The van der Waals surface area contributed by atoms with E-state index in [1.807, 2.05) is 0 Å². The van der Waals surface area contributed by atoms with Gasteiger partial charge in [-0.3, -0.25) is 14.9 Å². The highest BCUT2D eigenvalue weighted by Crippen LogP contribution is 2.25. The number of Topliss-reactive ketones (excluding diaryl/α,β-unsaturated/α-hetero) is 1.